The van der Waals surface area contributed by atoms with Gasteiger partial charge in [-0.3, -0.25) is 4.79 Å². The Morgan fingerprint density at radius 3 is 2.61 bits per heavy atom. The molecule has 2 N–H and O–H groups in total. The van der Waals surface area contributed by atoms with Crippen LogP contribution in [0.15, 0.2) is 30.3 Å². The van der Waals surface area contributed by atoms with Crippen molar-refractivity contribution in [3.8, 4) is 0 Å². The minimum absolute atomic E-state index is 0.204. The van der Waals surface area contributed by atoms with Gasteiger partial charge in [0.2, 0.25) is 0 Å². The van der Waals surface area contributed by atoms with E-state index in [0.717, 1.165) is 13.0 Å². The molecule has 0 aliphatic heterocycles. The molecule has 0 aliphatic carbocycles. The molecule has 0 saturated heterocycles. The molecule has 2 aromatic rings. The van der Waals surface area contributed by atoms with Crippen molar-refractivity contribution in [2.45, 2.75) is 20.3 Å². The lowest BCUT2D eigenvalue weighted by molar-refractivity contribution is 0.102. The SMILES string of the molecule is CC(C)CCNc1ccc(C(=O)Nc2cccc(Cl)c2Cl)nn1. The summed E-state index contributed by atoms with van der Waals surface area (Å²) in [5.41, 5.74) is 0.639. The van der Waals surface area contributed by atoms with E-state index in [4.69, 9.17) is 23.2 Å². The molecule has 0 bridgehead atoms. The molecule has 7 heteroatoms. The zero-order valence-electron chi connectivity index (χ0n) is 12.9. The predicted molar refractivity (Wildman–Crippen MR) is 94.4 cm³/mol. The first kappa shape index (κ1) is 17.5. The molecule has 2 rings (SSSR count). The number of anilines is 2. The van der Waals surface area contributed by atoms with Gasteiger partial charge in [-0.1, -0.05) is 43.1 Å². The predicted octanol–water partition coefficient (Wildman–Crippen LogP) is 4.49. The highest BCUT2D eigenvalue weighted by Crippen LogP contribution is 2.29. The summed E-state index contributed by atoms with van der Waals surface area (Å²) in [7, 11) is 0. The molecule has 5 nitrogen and oxygen atoms in total. The first-order valence-corrected chi connectivity index (χ1v) is 8.06. The fourth-order valence-electron chi connectivity index (χ4n) is 1.82. The summed E-state index contributed by atoms with van der Waals surface area (Å²) in [5, 5.41) is 14.4. The molecule has 0 aliphatic rings. The van der Waals surface area contributed by atoms with Crippen molar-refractivity contribution in [2.75, 3.05) is 17.2 Å². The third-order valence-electron chi connectivity index (χ3n) is 3.12. The van der Waals surface area contributed by atoms with E-state index in [-0.39, 0.29) is 5.69 Å². The van der Waals surface area contributed by atoms with Crippen molar-refractivity contribution >= 4 is 40.6 Å². The Kier molecular flexibility index (Phi) is 6.19. The number of aromatic nitrogens is 2. The number of halogens is 2. The van der Waals surface area contributed by atoms with Gasteiger partial charge in [0, 0.05) is 6.54 Å². The van der Waals surface area contributed by atoms with Gasteiger partial charge >= 0.3 is 0 Å². The largest absolute Gasteiger partial charge is 0.369 e. The van der Waals surface area contributed by atoms with Crippen LogP contribution >= 0.6 is 23.2 Å². The van der Waals surface area contributed by atoms with Crippen LogP contribution in [0.3, 0.4) is 0 Å². The summed E-state index contributed by atoms with van der Waals surface area (Å²) in [6.45, 7) is 5.12. The standard InChI is InChI=1S/C16H18Cl2N4O/c1-10(2)8-9-19-14-7-6-13(21-22-14)16(23)20-12-5-3-4-11(17)15(12)18/h3-7,10H,8-9H2,1-2H3,(H,19,22)(H,20,23). The minimum Gasteiger partial charge on any atom is -0.369 e. The number of nitrogens with one attached hydrogen (secondary N) is 2. The Morgan fingerprint density at radius 2 is 1.96 bits per heavy atom. The average molecular weight is 353 g/mol. The number of carbonyl (C=O) groups excluding carboxylic acids is 1. The van der Waals surface area contributed by atoms with Gasteiger partial charge in [0.25, 0.3) is 5.91 Å². The van der Waals surface area contributed by atoms with E-state index >= 15 is 0 Å². The van der Waals surface area contributed by atoms with E-state index in [0.29, 0.717) is 27.5 Å². The number of amides is 1. The second-order valence-corrected chi connectivity index (χ2v) is 6.25. The maximum atomic E-state index is 12.2. The number of carbonyl (C=O) groups is 1. The Morgan fingerprint density at radius 1 is 1.17 bits per heavy atom. The molecule has 0 radical (unpaired) electrons. The molecular formula is C16H18Cl2N4O. The molecule has 0 saturated carbocycles. The molecule has 0 spiro atoms. The van der Waals surface area contributed by atoms with E-state index in [1.54, 1.807) is 30.3 Å². The minimum atomic E-state index is -0.393. The zero-order chi connectivity index (χ0) is 16.8. The van der Waals surface area contributed by atoms with E-state index in [2.05, 4.69) is 34.7 Å². The van der Waals surface area contributed by atoms with Crippen LogP contribution in [0.1, 0.15) is 30.8 Å². The van der Waals surface area contributed by atoms with Crippen LogP contribution in [0.5, 0.6) is 0 Å². The highest BCUT2D eigenvalue weighted by atomic mass is 35.5. The molecule has 1 aromatic carbocycles. The Hall–Kier alpha value is -1.85. The van der Waals surface area contributed by atoms with E-state index < -0.39 is 5.91 Å². The molecule has 0 unspecified atom stereocenters. The second-order valence-electron chi connectivity index (χ2n) is 5.47. The van der Waals surface area contributed by atoms with Crippen molar-refractivity contribution in [1.82, 2.24) is 10.2 Å². The van der Waals surface area contributed by atoms with Crippen LogP contribution in [0.25, 0.3) is 0 Å². The second kappa shape index (κ2) is 8.13. The van der Waals surface area contributed by atoms with Crippen molar-refractivity contribution in [2.24, 2.45) is 5.92 Å². The normalized spacial score (nSPS) is 10.7. The summed E-state index contributed by atoms with van der Waals surface area (Å²) in [5.74, 6) is 0.862. The van der Waals surface area contributed by atoms with E-state index in [1.165, 1.54) is 0 Å². The zero-order valence-corrected chi connectivity index (χ0v) is 14.4. The van der Waals surface area contributed by atoms with Crippen LogP contribution in [0.2, 0.25) is 10.0 Å². The lowest BCUT2D eigenvalue weighted by atomic mass is 10.1. The third kappa shape index (κ3) is 5.08. The van der Waals surface area contributed by atoms with Gasteiger partial charge in [-0.2, -0.15) is 0 Å². The number of hydrogen-bond acceptors (Lipinski definition) is 4. The van der Waals surface area contributed by atoms with Crippen LogP contribution in [0, 0.1) is 5.92 Å². The average Bonchev–Trinajstić information content (AvgIpc) is 2.52. The van der Waals surface area contributed by atoms with Gasteiger partial charge in [0.1, 0.15) is 5.82 Å². The summed E-state index contributed by atoms with van der Waals surface area (Å²) in [4.78, 5) is 12.2. The molecule has 1 heterocycles. The highest BCUT2D eigenvalue weighted by molar-refractivity contribution is 6.44. The van der Waals surface area contributed by atoms with Gasteiger partial charge in [-0.05, 0) is 36.6 Å². The highest BCUT2D eigenvalue weighted by Gasteiger charge is 2.12. The van der Waals surface area contributed by atoms with Crippen LogP contribution in [0.4, 0.5) is 11.5 Å². The summed E-state index contributed by atoms with van der Waals surface area (Å²) in [6, 6.07) is 8.36. The first-order chi connectivity index (χ1) is 11.0. The Labute approximate surface area is 145 Å². The topological polar surface area (TPSA) is 66.9 Å². The van der Waals surface area contributed by atoms with Crippen molar-refractivity contribution in [1.29, 1.82) is 0 Å². The fourth-order valence-corrected chi connectivity index (χ4v) is 2.17. The number of rotatable bonds is 6. The number of benzene rings is 1. The molecule has 1 aromatic heterocycles. The van der Waals surface area contributed by atoms with Crippen molar-refractivity contribution in [3.63, 3.8) is 0 Å². The van der Waals surface area contributed by atoms with Crippen LogP contribution in [-0.4, -0.2) is 22.6 Å². The maximum Gasteiger partial charge on any atom is 0.276 e. The lowest BCUT2D eigenvalue weighted by Crippen LogP contribution is -2.15. The molecule has 23 heavy (non-hydrogen) atoms. The van der Waals surface area contributed by atoms with Crippen LogP contribution < -0.4 is 10.6 Å². The van der Waals surface area contributed by atoms with Crippen molar-refractivity contribution in [3.05, 3.63) is 46.1 Å². The molecule has 1 amide bonds. The smallest absolute Gasteiger partial charge is 0.276 e. The quantitative estimate of drug-likeness (QED) is 0.803. The van der Waals surface area contributed by atoms with E-state index in [1.807, 2.05) is 0 Å². The molecular weight excluding hydrogens is 335 g/mol. The molecule has 0 atom stereocenters. The van der Waals surface area contributed by atoms with Gasteiger partial charge < -0.3 is 10.6 Å². The summed E-state index contributed by atoms with van der Waals surface area (Å²) >= 11 is 12.0. The van der Waals surface area contributed by atoms with Gasteiger partial charge in [0.15, 0.2) is 5.69 Å². The monoisotopic (exact) mass is 352 g/mol. The third-order valence-corrected chi connectivity index (χ3v) is 3.94. The summed E-state index contributed by atoms with van der Waals surface area (Å²) in [6.07, 6.45) is 1.04. The van der Waals surface area contributed by atoms with Gasteiger partial charge in [0.05, 0.1) is 15.7 Å². The number of hydrogen-bond donors (Lipinski definition) is 2. The maximum absolute atomic E-state index is 12.2. The summed E-state index contributed by atoms with van der Waals surface area (Å²) < 4.78 is 0. The lowest BCUT2D eigenvalue weighted by Gasteiger charge is -2.09. The van der Waals surface area contributed by atoms with Crippen molar-refractivity contribution < 1.29 is 4.79 Å². The van der Waals surface area contributed by atoms with Gasteiger partial charge in [-0.15, -0.1) is 10.2 Å². The fraction of sp³-hybridized carbons (Fsp3) is 0.312. The van der Waals surface area contributed by atoms with Gasteiger partial charge in [-0.25, -0.2) is 0 Å². The number of nitrogens with zero attached hydrogens (tertiary/aromatic N) is 2. The Bertz CT molecular complexity index is 674. The molecule has 122 valence electrons. The Balaban J connectivity index is 1.98. The first-order valence-electron chi connectivity index (χ1n) is 7.30. The molecule has 0 fully saturated rings. The van der Waals surface area contributed by atoms with E-state index in [9.17, 15) is 4.79 Å². The van der Waals surface area contributed by atoms with Crippen LogP contribution in [-0.2, 0) is 0 Å².